The van der Waals surface area contributed by atoms with Gasteiger partial charge in [-0.25, -0.2) is 4.98 Å². The first-order valence-electron chi connectivity index (χ1n) is 8.75. The number of carbonyl (C=O) groups excluding carboxylic acids is 1. The first kappa shape index (κ1) is 18.2. The van der Waals surface area contributed by atoms with Gasteiger partial charge >= 0.3 is 0 Å². The van der Waals surface area contributed by atoms with Crippen molar-refractivity contribution in [1.29, 1.82) is 5.26 Å². The number of pyridine rings is 1. The Morgan fingerprint density at radius 1 is 1.38 bits per heavy atom. The average molecular weight is 369 g/mol. The van der Waals surface area contributed by atoms with E-state index < -0.39 is 0 Å². The lowest BCUT2D eigenvalue weighted by Gasteiger charge is -2.22. The molecule has 1 saturated heterocycles. The standard InChI is InChI=1S/C20H21ClN4O/c1-3-16-11-19(13(2)25(16)12-22)24-20(26)18-9-5-8-17(23-18)14-6-4-7-15(21)10-14/h4-10,13,16,19H,3,11H2,1-2H3,(H,24,26)/t13-,16+,19-/m1/s1. The Bertz CT molecular complexity index is 848. The Balaban J connectivity index is 1.77. The first-order chi connectivity index (χ1) is 12.5. The Kier molecular flexibility index (Phi) is 5.43. The van der Waals surface area contributed by atoms with Crippen LogP contribution in [0.1, 0.15) is 37.2 Å². The molecule has 0 bridgehead atoms. The zero-order valence-corrected chi connectivity index (χ0v) is 15.6. The topological polar surface area (TPSA) is 69.0 Å². The van der Waals surface area contributed by atoms with Gasteiger partial charge in [0.05, 0.1) is 17.8 Å². The van der Waals surface area contributed by atoms with Crippen molar-refractivity contribution < 1.29 is 4.79 Å². The van der Waals surface area contributed by atoms with Crippen molar-refractivity contribution in [3.8, 4) is 17.5 Å². The largest absolute Gasteiger partial charge is 0.346 e. The molecule has 1 amide bonds. The summed E-state index contributed by atoms with van der Waals surface area (Å²) in [5.74, 6) is -0.222. The van der Waals surface area contributed by atoms with Crippen molar-refractivity contribution in [1.82, 2.24) is 15.2 Å². The lowest BCUT2D eigenvalue weighted by atomic mass is 10.1. The highest BCUT2D eigenvalue weighted by molar-refractivity contribution is 6.30. The maximum Gasteiger partial charge on any atom is 0.270 e. The van der Waals surface area contributed by atoms with E-state index in [1.54, 1.807) is 17.0 Å². The minimum absolute atomic E-state index is 0.0231. The first-order valence-corrected chi connectivity index (χ1v) is 9.13. The number of nitriles is 1. The quantitative estimate of drug-likeness (QED) is 0.832. The molecular weight excluding hydrogens is 348 g/mol. The molecule has 5 nitrogen and oxygen atoms in total. The van der Waals surface area contributed by atoms with E-state index in [1.165, 1.54) is 0 Å². The summed E-state index contributed by atoms with van der Waals surface area (Å²) in [5, 5.41) is 13.0. The molecule has 1 aromatic heterocycles. The van der Waals surface area contributed by atoms with Crippen LogP contribution in [0.3, 0.4) is 0 Å². The highest BCUT2D eigenvalue weighted by Gasteiger charge is 2.38. The van der Waals surface area contributed by atoms with E-state index in [0.717, 1.165) is 18.4 Å². The van der Waals surface area contributed by atoms with Crippen LogP contribution < -0.4 is 5.32 Å². The number of hydrogen-bond donors (Lipinski definition) is 1. The second-order valence-electron chi connectivity index (χ2n) is 6.54. The number of aromatic nitrogens is 1. The normalized spacial score (nSPS) is 22.1. The average Bonchev–Trinajstić information content (AvgIpc) is 2.96. The van der Waals surface area contributed by atoms with Crippen molar-refractivity contribution in [2.75, 3.05) is 0 Å². The number of amides is 1. The summed E-state index contributed by atoms with van der Waals surface area (Å²) in [6.45, 7) is 4.03. The fourth-order valence-electron chi connectivity index (χ4n) is 3.46. The summed E-state index contributed by atoms with van der Waals surface area (Å²) in [6.07, 6.45) is 3.90. The van der Waals surface area contributed by atoms with Crippen molar-refractivity contribution in [2.45, 2.75) is 44.8 Å². The van der Waals surface area contributed by atoms with Crippen LogP contribution in [0.5, 0.6) is 0 Å². The van der Waals surface area contributed by atoms with Gasteiger partial charge in [0, 0.05) is 16.6 Å². The van der Waals surface area contributed by atoms with Crippen molar-refractivity contribution in [2.24, 2.45) is 0 Å². The zero-order chi connectivity index (χ0) is 18.7. The molecule has 0 unspecified atom stereocenters. The summed E-state index contributed by atoms with van der Waals surface area (Å²) >= 11 is 6.04. The smallest absolute Gasteiger partial charge is 0.270 e. The van der Waals surface area contributed by atoms with Gasteiger partial charge in [-0.05, 0) is 44.0 Å². The molecular formula is C20H21ClN4O. The lowest BCUT2D eigenvalue weighted by molar-refractivity contribution is 0.0926. The van der Waals surface area contributed by atoms with Gasteiger partial charge in [0.1, 0.15) is 5.69 Å². The van der Waals surface area contributed by atoms with Crippen LogP contribution in [-0.2, 0) is 0 Å². The third-order valence-electron chi connectivity index (χ3n) is 4.95. The van der Waals surface area contributed by atoms with E-state index in [4.69, 9.17) is 11.6 Å². The molecule has 1 aromatic carbocycles. The molecule has 2 aromatic rings. The van der Waals surface area contributed by atoms with Crippen molar-refractivity contribution >= 4 is 17.5 Å². The predicted octanol–water partition coefficient (Wildman–Crippen LogP) is 3.85. The van der Waals surface area contributed by atoms with Gasteiger partial charge in [0.25, 0.3) is 5.91 Å². The van der Waals surface area contributed by atoms with Crippen LogP contribution >= 0.6 is 11.6 Å². The molecule has 26 heavy (non-hydrogen) atoms. The Morgan fingerprint density at radius 3 is 2.81 bits per heavy atom. The summed E-state index contributed by atoms with van der Waals surface area (Å²) in [4.78, 5) is 18.9. The van der Waals surface area contributed by atoms with Gasteiger partial charge in [-0.3, -0.25) is 4.79 Å². The van der Waals surface area contributed by atoms with Crippen LogP contribution in [0.4, 0.5) is 0 Å². The molecule has 0 aliphatic carbocycles. The third-order valence-corrected chi connectivity index (χ3v) is 5.18. The number of hydrogen-bond acceptors (Lipinski definition) is 4. The number of likely N-dealkylation sites (tertiary alicyclic amines) is 1. The molecule has 0 saturated carbocycles. The van der Waals surface area contributed by atoms with Crippen molar-refractivity contribution in [3.05, 3.63) is 53.2 Å². The van der Waals surface area contributed by atoms with Gasteiger partial charge < -0.3 is 10.2 Å². The van der Waals surface area contributed by atoms with E-state index in [9.17, 15) is 10.1 Å². The second kappa shape index (κ2) is 7.76. The predicted molar refractivity (Wildman–Crippen MR) is 102 cm³/mol. The molecule has 3 rings (SSSR count). The van der Waals surface area contributed by atoms with E-state index in [-0.39, 0.29) is 24.0 Å². The number of benzene rings is 1. The molecule has 1 fully saturated rings. The van der Waals surface area contributed by atoms with E-state index >= 15 is 0 Å². The zero-order valence-electron chi connectivity index (χ0n) is 14.8. The van der Waals surface area contributed by atoms with Crippen LogP contribution in [0.25, 0.3) is 11.3 Å². The van der Waals surface area contributed by atoms with Gasteiger partial charge in [-0.15, -0.1) is 0 Å². The maximum atomic E-state index is 12.7. The summed E-state index contributed by atoms with van der Waals surface area (Å²) in [5.41, 5.74) is 1.92. The van der Waals surface area contributed by atoms with Crippen molar-refractivity contribution in [3.63, 3.8) is 0 Å². The molecule has 2 heterocycles. The number of rotatable bonds is 4. The van der Waals surface area contributed by atoms with Crippen LogP contribution in [0, 0.1) is 11.5 Å². The minimum Gasteiger partial charge on any atom is -0.346 e. The van der Waals surface area contributed by atoms with Gasteiger partial charge in [0.2, 0.25) is 0 Å². The number of halogens is 1. The molecule has 6 heteroatoms. The minimum atomic E-state index is -0.222. The second-order valence-corrected chi connectivity index (χ2v) is 6.98. The fourth-order valence-corrected chi connectivity index (χ4v) is 3.65. The molecule has 1 N–H and O–H groups in total. The highest BCUT2D eigenvalue weighted by Crippen LogP contribution is 2.26. The lowest BCUT2D eigenvalue weighted by Crippen LogP contribution is -2.42. The van der Waals surface area contributed by atoms with Crippen LogP contribution in [-0.4, -0.2) is 33.9 Å². The maximum absolute atomic E-state index is 12.7. The van der Waals surface area contributed by atoms with Gasteiger partial charge in [-0.2, -0.15) is 5.26 Å². The van der Waals surface area contributed by atoms with Gasteiger partial charge in [0.15, 0.2) is 6.19 Å². The van der Waals surface area contributed by atoms with E-state index in [0.29, 0.717) is 16.4 Å². The van der Waals surface area contributed by atoms with E-state index in [1.807, 2.05) is 37.3 Å². The SMILES string of the molecule is CC[C@H]1C[C@@H](NC(=O)c2cccc(-c3cccc(Cl)c3)n2)[C@@H](C)N1C#N. The Hall–Kier alpha value is -2.58. The molecule has 3 atom stereocenters. The van der Waals surface area contributed by atoms with E-state index in [2.05, 4.69) is 23.4 Å². The Labute approximate surface area is 158 Å². The molecule has 0 spiro atoms. The third kappa shape index (κ3) is 3.66. The van der Waals surface area contributed by atoms with Crippen LogP contribution in [0.2, 0.25) is 5.02 Å². The number of nitrogens with zero attached hydrogens (tertiary/aromatic N) is 3. The summed E-state index contributed by atoms with van der Waals surface area (Å²) in [6, 6.07) is 12.8. The number of carbonyl (C=O) groups is 1. The highest BCUT2D eigenvalue weighted by atomic mass is 35.5. The number of nitrogens with one attached hydrogen (secondary N) is 1. The molecule has 0 radical (unpaired) electrons. The summed E-state index contributed by atoms with van der Waals surface area (Å²) in [7, 11) is 0. The molecule has 134 valence electrons. The van der Waals surface area contributed by atoms with Crippen LogP contribution in [0.15, 0.2) is 42.5 Å². The molecule has 1 aliphatic rings. The van der Waals surface area contributed by atoms with Gasteiger partial charge in [-0.1, -0.05) is 36.7 Å². The fraction of sp³-hybridized carbons (Fsp3) is 0.350. The monoisotopic (exact) mass is 368 g/mol. The molecule has 1 aliphatic heterocycles. The summed E-state index contributed by atoms with van der Waals surface area (Å²) < 4.78 is 0. The Morgan fingerprint density at radius 2 is 2.15 bits per heavy atom.